The molecule has 1 aromatic carbocycles. The van der Waals surface area contributed by atoms with Gasteiger partial charge in [-0.2, -0.15) is 0 Å². The summed E-state index contributed by atoms with van der Waals surface area (Å²) in [5.74, 6) is -0.249. The second-order valence-corrected chi connectivity index (χ2v) is 4.63. The molecular weight excluding hydrogens is 236 g/mol. The molecule has 1 heterocycles. The number of aromatic nitrogens is 2. The quantitative estimate of drug-likeness (QED) is 0.859. The molecule has 0 saturated heterocycles. The summed E-state index contributed by atoms with van der Waals surface area (Å²) in [4.78, 5) is 11.7. The van der Waals surface area contributed by atoms with Gasteiger partial charge in [-0.15, -0.1) is 10.2 Å². The minimum Gasteiger partial charge on any atom is -0.374 e. The van der Waals surface area contributed by atoms with Gasteiger partial charge < -0.3 is 11.1 Å². The molecule has 0 atom stereocenters. The van der Waals surface area contributed by atoms with E-state index in [0.29, 0.717) is 11.7 Å². The smallest absolute Gasteiger partial charge is 0.282 e. The van der Waals surface area contributed by atoms with Gasteiger partial charge in [0.2, 0.25) is 10.1 Å². The van der Waals surface area contributed by atoms with Crippen LogP contribution in [0.2, 0.25) is 0 Å². The number of anilines is 1. The Hall–Kier alpha value is -1.95. The molecule has 0 fully saturated rings. The fourth-order valence-corrected chi connectivity index (χ4v) is 1.93. The lowest BCUT2D eigenvalue weighted by atomic mass is 10.1. The van der Waals surface area contributed by atoms with E-state index >= 15 is 0 Å². The van der Waals surface area contributed by atoms with Gasteiger partial charge in [-0.25, -0.2) is 0 Å². The third-order valence-electron chi connectivity index (χ3n) is 2.17. The molecule has 1 amide bonds. The zero-order valence-electron chi connectivity index (χ0n) is 9.30. The molecule has 0 unspecified atom stereocenters. The number of benzene rings is 1. The molecule has 1 aromatic heterocycles. The molecule has 0 spiro atoms. The molecule has 0 aliphatic rings. The van der Waals surface area contributed by atoms with Gasteiger partial charge in [0.15, 0.2) is 0 Å². The molecule has 6 heteroatoms. The Balaban J connectivity index is 1.97. The van der Waals surface area contributed by atoms with Crippen molar-refractivity contribution in [2.45, 2.75) is 13.5 Å². The summed E-state index contributed by atoms with van der Waals surface area (Å²) in [5.41, 5.74) is 7.62. The van der Waals surface area contributed by atoms with E-state index in [0.717, 1.165) is 22.5 Å². The van der Waals surface area contributed by atoms with Crippen molar-refractivity contribution in [3.05, 3.63) is 40.4 Å². The fraction of sp³-hybridized carbons (Fsp3) is 0.182. The predicted molar refractivity (Wildman–Crippen MR) is 66.7 cm³/mol. The summed E-state index contributed by atoms with van der Waals surface area (Å²) >= 11 is 1.08. The summed E-state index contributed by atoms with van der Waals surface area (Å²) in [7, 11) is 0. The minimum absolute atomic E-state index is 0.249. The first-order valence-electron chi connectivity index (χ1n) is 5.08. The number of nitrogens with one attached hydrogen (secondary N) is 1. The second kappa shape index (κ2) is 4.92. The van der Waals surface area contributed by atoms with Gasteiger partial charge in [0, 0.05) is 6.54 Å². The number of hydrogen-bond donors (Lipinski definition) is 2. The van der Waals surface area contributed by atoms with Crippen LogP contribution in [0.25, 0.3) is 0 Å². The number of rotatable bonds is 3. The van der Waals surface area contributed by atoms with E-state index in [9.17, 15) is 4.79 Å². The highest BCUT2D eigenvalue weighted by Crippen LogP contribution is 2.11. The number of nitrogens with two attached hydrogens (primary N) is 1. The van der Waals surface area contributed by atoms with E-state index in [1.54, 1.807) is 0 Å². The number of carbonyl (C=O) groups is 1. The second-order valence-electron chi connectivity index (χ2n) is 3.62. The molecule has 2 rings (SSSR count). The van der Waals surface area contributed by atoms with Crippen LogP contribution in [-0.4, -0.2) is 16.1 Å². The molecule has 88 valence electrons. The van der Waals surface area contributed by atoms with Gasteiger partial charge in [0.1, 0.15) is 0 Å². The number of aryl methyl sites for hydroxylation is 1. The van der Waals surface area contributed by atoms with Gasteiger partial charge in [-0.05, 0) is 12.5 Å². The molecule has 0 radical (unpaired) electrons. The van der Waals surface area contributed by atoms with Gasteiger partial charge in [-0.1, -0.05) is 41.2 Å². The summed E-state index contributed by atoms with van der Waals surface area (Å²) in [6, 6.07) is 7.95. The van der Waals surface area contributed by atoms with E-state index < -0.39 is 0 Å². The number of carbonyl (C=O) groups excluding carboxylic acids is 1. The van der Waals surface area contributed by atoms with E-state index in [-0.39, 0.29) is 10.9 Å². The Morgan fingerprint density at radius 3 is 2.94 bits per heavy atom. The van der Waals surface area contributed by atoms with Gasteiger partial charge in [0.25, 0.3) is 5.91 Å². The Morgan fingerprint density at radius 1 is 1.47 bits per heavy atom. The lowest BCUT2D eigenvalue weighted by Crippen LogP contribution is -2.22. The molecule has 17 heavy (non-hydrogen) atoms. The molecule has 0 aliphatic carbocycles. The summed E-state index contributed by atoms with van der Waals surface area (Å²) < 4.78 is 0. The number of nitrogen functional groups attached to an aromatic ring is 1. The number of hydrogen-bond acceptors (Lipinski definition) is 5. The van der Waals surface area contributed by atoms with Crippen LogP contribution in [0, 0.1) is 6.92 Å². The van der Waals surface area contributed by atoms with Crippen LogP contribution in [-0.2, 0) is 6.54 Å². The van der Waals surface area contributed by atoms with Crippen molar-refractivity contribution < 1.29 is 4.79 Å². The van der Waals surface area contributed by atoms with Crippen LogP contribution in [0.15, 0.2) is 24.3 Å². The standard InChI is InChI=1S/C11H12N4OS/c1-7-3-2-4-8(5-7)6-13-9(16)10-14-15-11(12)17-10/h2-5H,6H2,1H3,(H2,12,15)(H,13,16). The molecule has 0 saturated carbocycles. The van der Waals surface area contributed by atoms with Crippen LogP contribution in [0.5, 0.6) is 0 Å². The number of nitrogens with zero attached hydrogens (tertiary/aromatic N) is 2. The van der Waals surface area contributed by atoms with E-state index in [4.69, 9.17) is 5.73 Å². The SMILES string of the molecule is Cc1cccc(CNC(=O)c2nnc(N)s2)c1. The molecular formula is C11H12N4OS. The van der Waals surface area contributed by atoms with Crippen molar-refractivity contribution >= 4 is 22.4 Å². The first kappa shape index (κ1) is 11.5. The Bertz CT molecular complexity index is 538. The zero-order chi connectivity index (χ0) is 12.3. The van der Waals surface area contributed by atoms with E-state index in [2.05, 4.69) is 15.5 Å². The van der Waals surface area contributed by atoms with Crippen molar-refractivity contribution in [1.82, 2.24) is 15.5 Å². The largest absolute Gasteiger partial charge is 0.374 e. The average molecular weight is 248 g/mol. The van der Waals surface area contributed by atoms with Crippen molar-refractivity contribution in [3.63, 3.8) is 0 Å². The summed E-state index contributed by atoms with van der Waals surface area (Å²) in [5, 5.41) is 10.6. The van der Waals surface area contributed by atoms with Crippen molar-refractivity contribution in [3.8, 4) is 0 Å². The molecule has 2 aromatic rings. The maximum Gasteiger partial charge on any atom is 0.282 e. The Labute approximate surface area is 103 Å². The average Bonchev–Trinajstić information content (AvgIpc) is 2.73. The van der Waals surface area contributed by atoms with Crippen LogP contribution in [0.1, 0.15) is 20.9 Å². The third kappa shape index (κ3) is 3.01. The fourth-order valence-electron chi connectivity index (χ4n) is 1.41. The normalized spacial score (nSPS) is 10.2. The van der Waals surface area contributed by atoms with Crippen molar-refractivity contribution in [1.29, 1.82) is 0 Å². The molecule has 5 nitrogen and oxygen atoms in total. The van der Waals surface area contributed by atoms with Crippen LogP contribution < -0.4 is 11.1 Å². The molecule has 3 N–H and O–H groups in total. The van der Waals surface area contributed by atoms with Crippen LogP contribution in [0.4, 0.5) is 5.13 Å². The van der Waals surface area contributed by atoms with Crippen LogP contribution >= 0.6 is 11.3 Å². The Morgan fingerprint density at radius 2 is 2.29 bits per heavy atom. The van der Waals surface area contributed by atoms with E-state index in [1.165, 1.54) is 0 Å². The topological polar surface area (TPSA) is 80.9 Å². The summed E-state index contributed by atoms with van der Waals surface area (Å²) in [6.45, 7) is 2.48. The maximum atomic E-state index is 11.7. The molecule has 0 bridgehead atoms. The Kier molecular flexibility index (Phi) is 3.34. The first-order chi connectivity index (χ1) is 8.15. The minimum atomic E-state index is -0.249. The van der Waals surface area contributed by atoms with Gasteiger partial charge in [-0.3, -0.25) is 4.79 Å². The summed E-state index contributed by atoms with van der Waals surface area (Å²) in [6.07, 6.45) is 0. The van der Waals surface area contributed by atoms with E-state index in [1.807, 2.05) is 31.2 Å². The first-order valence-corrected chi connectivity index (χ1v) is 5.89. The highest BCUT2D eigenvalue weighted by Gasteiger charge is 2.10. The van der Waals surface area contributed by atoms with Gasteiger partial charge >= 0.3 is 0 Å². The van der Waals surface area contributed by atoms with Crippen molar-refractivity contribution in [2.24, 2.45) is 0 Å². The monoisotopic (exact) mass is 248 g/mol. The lowest BCUT2D eigenvalue weighted by molar-refractivity contribution is 0.0950. The molecule has 0 aliphatic heterocycles. The van der Waals surface area contributed by atoms with Crippen molar-refractivity contribution in [2.75, 3.05) is 5.73 Å². The highest BCUT2D eigenvalue weighted by molar-refractivity contribution is 7.16. The number of amides is 1. The maximum absolute atomic E-state index is 11.7. The predicted octanol–water partition coefficient (Wildman–Crippen LogP) is 1.36. The lowest BCUT2D eigenvalue weighted by Gasteiger charge is -2.03. The highest BCUT2D eigenvalue weighted by atomic mass is 32.1. The third-order valence-corrected chi connectivity index (χ3v) is 2.92. The zero-order valence-corrected chi connectivity index (χ0v) is 10.1. The van der Waals surface area contributed by atoms with Gasteiger partial charge in [0.05, 0.1) is 0 Å². The van der Waals surface area contributed by atoms with Crippen LogP contribution in [0.3, 0.4) is 0 Å².